The quantitative estimate of drug-likeness (QED) is 0.722. The molecule has 0 aliphatic carbocycles. The van der Waals surface area contributed by atoms with Crippen LogP contribution in [0.25, 0.3) is 11.5 Å². The molecule has 2 aromatic rings. The van der Waals surface area contributed by atoms with Crippen molar-refractivity contribution < 1.29 is 9.52 Å². The third-order valence-corrected chi connectivity index (χ3v) is 1.86. The first kappa shape index (κ1) is 11.2. The predicted molar refractivity (Wildman–Crippen MR) is 55.8 cm³/mol. The molecule has 68 valence electrons. The summed E-state index contributed by atoms with van der Waals surface area (Å²) in [5.74, 6) is 0.448. The average molecular weight is 204 g/mol. The first-order chi connectivity index (χ1) is 6.27. The molecule has 0 unspecified atom stereocenters. The zero-order chi connectivity index (χ0) is 9.26. The topological polar surface area (TPSA) is 46.3 Å². The molecule has 0 radical (unpaired) electrons. The molecule has 0 saturated carbocycles. The minimum absolute atomic E-state index is 0. The summed E-state index contributed by atoms with van der Waals surface area (Å²) >= 11 is 5.67. The number of phenols is 1. The van der Waals surface area contributed by atoms with Gasteiger partial charge < -0.3 is 9.52 Å². The fraction of sp³-hybridized carbons (Fsp3) is 0. The molecule has 2 rings (SSSR count). The van der Waals surface area contributed by atoms with Gasteiger partial charge in [-0.3, -0.25) is 0 Å². The van der Waals surface area contributed by atoms with Gasteiger partial charge in [0.25, 0.3) is 0 Å². The number of hydrogen-bond acceptors (Lipinski definition) is 3. The van der Waals surface area contributed by atoms with Gasteiger partial charge in [0, 0.05) is 5.02 Å². The zero-order valence-corrected chi connectivity index (χ0v) is 7.32. The van der Waals surface area contributed by atoms with Gasteiger partial charge in [-0.05, 0) is 18.2 Å². The Kier molecular flexibility index (Phi) is 3.65. The van der Waals surface area contributed by atoms with Crippen LogP contribution in [0.5, 0.6) is 5.75 Å². The number of hydrogen-bond donors (Lipinski definition) is 1. The van der Waals surface area contributed by atoms with Crippen LogP contribution in [-0.4, -0.2) is 29.0 Å². The van der Waals surface area contributed by atoms with Crippen LogP contribution in [-0.2, 0) is 0 Å². The fourth-order valence-corrected chi connectivity index (χ4v) is 1.21. The van der Waals surface area contributed by atoms with Crippen molar-refractivity contribution in [3.63, 3.8) is 0 Å². The number of aromatic hydroxyl groups is 1. The molecule has 0 atom stereocenters. The molecule has 1 heterocycles. The summed E-state index contributed by atoms with van der Waals surface area (Å²) in [7, 11) is 0. The predicted octanol–water partition coefficient (Wildman–Crippen LogP) is 2.05. The van der Waals surface area contributed by atoms with E-state index < -0.39 is 0 Å². The molecule has 0 saturated heterocycles. The van der Waals surface area contributed by atoms with Crippen LogP contribution in [0.1, 0.15) is 0 Å². The van der Waals surface area contributed by atoms with Crippen LogP contribution >= 0.6 is 11.6 Å². The van der Waals surface area contributed by atoms with Crippen LogP contribution in [0, 0.1) is 0 Å². The molecular formula is C9H7ClLiNO2. The number of halogens is 1. The summed E-state index contributed by atoms with van der Waals surface area (Å²) in [6, 6.07) is 4.77. The summed E-state index contributed by atoms with van der Waals surface area (Å²) in [6.07, 6.45) is 2.97. The van der Waals surface area contributed by atoms with E-state index in [-0.39, 0.29) is 24.6 Å². The van der Waals surface area contributed by atoms with E-state index in [2.05, 4.69) is 4.98 Å². The van der Waals surface area contributed by atoms with Gasteiger partial charge in [0.05, 0.1) is 11.8 Å². The van der Waals surface area contributed by atoms with E-state index >= 15 is 0 Å². The van der Waals surface area contributed by atoms with Crippen LogP contribution in [0.4, 0.5) is 0 Å². The maximum atomic E-state index is 9.48. The van der Waals surface area contributed by atoms with E-state index in [0.717, 1.165) is 0 Å². The Bertz CT molecular complexity index is 417. The van der Waals surface area contributed by atoms with Crippen molar-refractivity contribution in [2.45, 2.75) is 0 Å². The monoisotopic (exact) mass is 203 g/mol. The maximum absolute atomic E-state index is 9.48. The number of rotatable bonds is 1. The Hall–Kier alpha value is -0.883. The second-order valence-corrected chi connectivity index (χ2v) is 2.94. The third-order valence-electron chi connectivity index (χ3n) is 1.62. The summed E-state index contributed by atoms with van der Waals surface area (Å²) in [5, 5.41) is 9.96. The van der Waals surface area contributed by atoms with Crippen molar-refractivity contribution in [2.24, 2.45) is 0 Å². The molecule has 3 nitrogen and oxygen atoms in total. The Morgan fingerprint density at radius 1 is 1.36 bits per heavy atom. The van der Waals surface area contributed by atoms with Crippen LogP contribution < -0.4 is 0 Å². The molecule has 5 heteroatoms. The van der Waals surface area contributed by atoms with Crippen LogP contribution in [0.2, 0.25) is 5.02 Å². The molecule has 1 N–H and O–H groups in total. The van der Waals surface area contributed by atoms with Crippen molar-refractivity contribution in [1.82, 2.24) is 4.98 Å². The number of benzene rings is 1. The number of oxazole rings is 1. The molecule has 1 aromatic carbocycles. The van der Waals surface area contributed by atoms with Gasteiger partial charge in [-0.25, -0.2) is 4.98 Å². The number of phenolic OH excluding ortho intramolecular Hbond substituents is 1. The van der Waals surface area contributed by atoms with E-state index in [1.807, 2.05) is 0 Å². The fourth-order valence-electron chi connectivity index (χ4n) is 1.04. The first-order valence-electron chi connectivity index (χ1n) is 3.66. The van der Waals surface area contributed by atoms with E-state index in [9.17, 15) is 5.11 Å². The zero-order valence-electron chi connectivity index (χ0n) is 6.57. The summed E-state index contributed by atoms with van der Waals surface area (Å²) in [6.45, 7) is 0. The summed E-state index contributed by atoms with van der Waals surface area (Å²) in [5.41, 5.74) is 0.536. The van der Waals surface area contributed by atoms with Crippen molar-refractivity contribution in [2.75, 3.05) is 0 Å². The van der Waals surface area contributed by atoms with Crippen LogP contribution in [0.3, 0.4) is 0 Å². The van der Waals surface area contributed by atoms with Crippen molar-refractivity contribution >= 4 is 30.5 Å². The molecule has 0 bridgehead atoms. The minimum atomic E-state index is 0. The van der Waals surface area contributed by atoms with Gasteiger partial charge in [0.1, 0.15) is 12.0 Å². The number of aromatic nitrogens is 1. The number of nitrogens with zero attached hydrogens (tertiary/aromatic N) is 1. The third kappa shape index (κ3) is 2.13. The summed E-state index contributed by atoms with van der Waals surface area (Å²) in [4.78, 5) is 3.91. The first-order valence-corrected chi connectivity index (χ1v) is 4.03. The molecule has 0 aliphatic heterocycles. The van der Waals surface area contributed by atoms with Crippen molar-refractivity contribution in [1.29, 1.82) is 0 Å². The Morgan fingerprint density at radius 3 is 2.71 bits per heavy atom. The molecular weight excluding hydrogens is 196 g/mol. The Balaban J connectivity index is 0.000000980. The van der Waals surface area contributed by atoms with E-state index in [1.54, 1.807) is 12.1 Å². The SMILES string of the molecule is Oc1cc(Cl)ccc1-c1ncco1.[LiH]. The van der Waals surface area contributed by atoms with Gasteiger partial charge in [0.15, 0.2) is 0 Å². The van der Waals surface area contributed by atoms with Gasteiger partial charge in [-0.2, -0.15) is 0 Å². The second kappa shape index (κ2) is 4.56. The normalized spacial score (nSPS) is 9.50. The van der Waals surface area contributed by atoms with E-state index in [4.69, 9.17) is 16.0 Å². The second-order valence-electron chi connectivity index (χ2n) is 2.50. The molecule has 0 amide bonds. The molecule has 0 aliphatic rings. The Labute approximate surface area is 97.9 Å². The van der Waals surface area contributed by atoms with Gasteiger partial charge in [-0.15, -0.1) is 0 Å². The van der Waals surface area contributed by atoms with Crippen molar-refractivity contribution in [3.05, 3.63) is 35.7 Å². The van der Waals surface area contributed by atoms with Gasteiger partial charge >= 0.3 is 18.9 Å². The van der Waals surface area contributed by atoms with Gasteiger partial charge in [-0.1, -0.05) is 11.6 Å². The van der Waals surface area contributed by atoms with E-state index in [0.29, 0.717) is 16.5 Å². The average Bonchev–Trinajstić information content (AvgIpc) is 2.56. The Morgan fingerprint density at radius 2 is 2.14 bits per heavy atom. The van der Waals surface area contributed by atoms with E-state index in [1.165, 1.54) is 18.5 Å². The summed E-state index contributed by atoms with van der Waals surface area (Å²) < 4.78 is 5.03. The molecule has 1 aromatic heterocycles. The van der Waals surface area contributed by atoms with Crippen LogP contribution in [0.15, 0.2) is 35.1 Å². The van der Waals surface area contributed by atoms with Gasteiger partial charge in [0.2, 0.25) is 5.89 Å². The molecule has 0 fully saturated rings. The molecule has 14 heavy (non-hydrogen) atoms. The van der Waals surface area contributed by atoms with Crippen molar-refractivity contribution in [3.8, 4) is 17.2 Å². The standard InChI is InChI=1S/C9H6ClNO2.Li.H/c10-6-1-2-7(8(12)5-6)9-11-3-4-13-9;;/h1-5,12H;;. The molecule has 0 spiro atoms.